The number of hydrogen-bond donors (Lipinski definition) is 3. The van der Waals surface area contributed by atoms with Crippen molar-refractivity contribution in [2.24, 2.45) is 5.92 Å². The number of imide groups is 1. The van der Waals surface area contributed by atoms with Crippen LogP contribution in [0, 0.1) is 5.92 Å². The van der Waals surface area contributed by atoms with Gasteiger partial charge in [-0.3, -0.25) is 28.9 Å². The standard InChI is InChI=1S/C32H48N6O7/c1-7-37(20-19-36(5)6)32(44)45-21-24-12-14-25(15-13-24)34-30(42)23(4)33-31(43)29(22(2)3)35-26(39)11-9-8-10-18-38-27(40)16-17-28(38)41/h12-17,22-23,29H,7-11,18-21H2,1-6H3,(H,33,43)(H,34,42)(H,35,39)/t23-,29-/m0/s1. The minimum atomic E-state index is -0.871. The summed E-state index contributed by atoms with van der Waals surface area (Å²) in [6.07, 6.45) is 4.04. The van der Waals surface area contributed by atoms with Crippen LogP contribution in [0.5, 0.6) is 0 Å². The van der Waals surface area contributed by atoms with Crippen molar-refractivity contribution in [2.45, 2.75) is 72.1 Å². The van der Waals surface area contributed by atoms with E-state index < -0.39 is 23.9 Å². The van der Waals surface area contributed by atoms with E-state index in [1.165, 1.54) is 17.1 Å². The van der Waals surface area contributed by atoms with E-state index >= 15 is 0 Å². The van der Waals surface area contributed by atoms with E-state index in [9.17, 15) is 28.8 Å². The largest absolute Gasteiger partial charge is 0.445 e. The van der Waals surface area contributed by atoms with E-state index in [1.807, 2.05) is 25.9 Å². The van der Waals surface area contributed by atoms with Gasteiger partial charge in [0.15, 0.2) is 0 Å². The molecule has 0 radical (unpaired) electrons. The van der Waals surface area contributed by atoms with Gasteiger partial charge < -0.3 is 30.5 Å². The first-order valence-corrected chi connectivity index (χ1v) is 15.4. The van der Waals surface area contributed by atoms with Crippen LogP contribution in [0.15, 0.2) is 36.4 Å². The third-order valence-corrected chi connectivity index (χ3v) is 7.24. The molecule has 2 atom stereocenters. The fourth-order valence-corrected chi connectivity index (χ4v) is 4.40. The van der Waals surface area contributed by atoms with Gasteiger partial charge in [-0.2, -0.15) is 0 Å². The minimum Gasteiger partial charge on any atom is -0.445 e. The van der Waals surface area contributed by atoms with Crippen LogP contribution in [0.3, 0.4) is 0 Å². The molecule has 1 aromatic carbocycles. The molecule has 0 saturated carbocycles. The predicted octanol–water partition coefficient (Wildman–Crippen LogP) is 2.28. The number of benzene rings is 1. The predicted molar refractivity (Wildman–Crippen MR) is 170 cm³/mol. The molecule has 45 heavy (non-hydrogen) atoms. The third kappa shape index (κ3) is 12.7. The number of likely N-dealkylation sites (N-methyl/N-ethyl adjacent to an activating group) is 2. The maximum absolute atomic E-state index is 13.0. The molecule has 1 aliphatic rings. The molecule has 1 heterocycles. The highest BCUT2D eigenvalue weighted by atomic mass is 16.6. The van der Waals surface area contributed by atoms with E-state index in [-0.39, 0.29) is 42.8 Å². The van der Waals surface area contributed by atoms with Crippen molar-refractivity contribution in [1.82, 2.24) is 25.3 Å². The summed E-state index contributed by atoms with van der Waals surface area (Å²) in [5.74, 6) is -2.06. The second-order valence-electron chi connectivity index (χ2n) is 11.6. The molecule has 0 spiro atoms. The van der Waals surface area contributed by atoms with Crippen molar-refractivity contribution in [2.75, 3.05) is 45.6 Å². The first kappa shape index (κ1) is 36.9. The maximum atomic E-state index is 13.0. The Morgan fingerprint density at radius 3 is 2.09 bits per heavy atom. The van der Waals surface area contributed by atoms with Gasteiger partial charge in [0.05, 0.1) is 0 Å². The van der Waals surface area contributed by atoms with Crippen molar-refractivity contribution in [3.8, 4) is 0 Å². The smallest absolute Gasteiger partial charge is 0.410 e. The van der Waals surface area contributed by atoms with Gasteiger partial charge in [-0.1, -0.05) is 32.4 Å². The number of rotatable bonds is 18. The number of hydrogen-bond acceptors (Lipinski definition) is 8. The third-order valence-electron chi connectivity index (χ3n) is 7.24. The van der Waals surface area contributed by atoms with Crippen molar-refractivity contribution in [3.05, 3.63) is 42.0 Å². The van der Waals surface area contributed by atoms with Crippen LogP contribution in [0.25, 0.3) is 0 Å². The molecular formula is C32H48N6O7. The number of anilines is 1. The van der Waals surface area contributed by atoms with E-state index in [4.69, 9.17) is 4.74 Å². The van der Waals surface area contributed by atoms with E-state index in [1.54, 1.807) is 49.9 Å². The maximum Gasteiger partial charge on any atom is 0.410 e. The van der Waals surface area contributed by atoms with Crippen molar-refractivity contribution in [1.29, 1.82) is 0 Å². The highest BCUT2D eigenvalue weighted by molar-refractivity contribution is 6.12. The Balaban J connectivity index is 1.76. The Kier molecular flexibility index (Phi) is 15.2. The topological polar surface area (TPSA) is 157 Å². The summed E-state index contributed by atoms with van der Waals surface area (Å²) < 4.78 is 5.42. The molecule has 3 N–H and O–H groups in total. The number of unbranched alkanes of at least 4 members (excludes halogenated alkanes) is 2. The molecule has 0 unspecified atom stereocenters. The zero-order valence-corrected chi connectivity index (χ0v) is 27.3. The molecule has 248 valence electrons. The van der Waals surface area contributed by atoms with Crippen LogP contribution in [-0.2, 0) is 35.3 Å². The second kappa shape index (κ2) is 18.5. The number of nitrogens with zero attached hydrogens (tertiary/aromatic N) is 3. The molecule has 0 fully saturated rings. The summed E-state index contributed by atoms with van der Waals surface area (Å²) in [4.78, 5) is 78.6. The molecule has 1 aliphatic heterocycles. The molecule has 6 amide bonds. The van der Waals surface area contributed by atoms with Gasteiger partial charge in [0, 0.05) is 50.4 Å². The Morgan fingerprint density at radius 1 is 0.867 bits per heavy atom. The van der Waals surface area contributed by atoms with Gasteiger partial charge >= 0.3 is 6.09 Å². The van der Waals surface area contributed by atoms with Crippen molar-refractivity contribution >= 4 is 41.3 Å². The van der Waals surface area contributed by atoms with Crippen LogP contribution in [0.1, 0.15) is 58.9 Å². The fourth-order valence-electron chi connectivity index (χ4n) is 4.40. The highest BCUT2D eigenvalue weighted by Gasteiger charge is 2.27. The average molecular weight is 629 g/mol. The zero-order chi connectivity index (χ0) is 33.5. The van der Waals surface area contributed by atoms with Gasteiger partial charge in [-0.05, 0) is 64.4 Å². The molecule has 0 bridgehead atoms. The number of carbonyl (C=O) groups excluding carboxylic acids is 6. The molecule has 0 saturated heterocycles. The van der Waals surface area contributed by atoms with Gasteiger partial charge in [0.2, 0.25) is 17.7 Å². The Morgan fingerprint density at radius 2 is 1.51 bits per heavy atom. The molecule has 1 aromatic rings. The lowest BCUT2D eigenvalue weighted by molar-refractivity contribution is -0.137. The zero-order valence-electron chi connectivity index (χ0n) is 27.3. The van der Waals surface area contributed by atoms with E-state index in [0.29, 0.717) is 44.6 Å². The second-order valence-corrected chi connectivity index (χ2v) is 11.6. The lowest BCUT2D eigenvalue weighted by Gasteiger charge is -2.24. The van der Waals surface area contributed by atoms with Crippen LogP contribution in [-0.4, -0.2) is 103 Å². The molecule has 13 nitrogen and oxygen atoms in total. The monoisotopic (exact) mass is 628 g/mol. The molecular weight excluding hydrogens is 580 g/mol. The number of nitrogens with one attached hydrogen (secondary N) is 3. The number of amides is 6. The van der Waals surface area contributed by atoms with E-state index in [2.05, 4.69) is 16.0 Å². The van der Waals surface area contributed by atoms with Crippen LogP contribution < -0.4 is 16.0 Å². The fraction of sp³-hybridized carbons (Fsp3) is 0.562. The van der Waals surface area contributed by atoms with Gasteiger partial charge in [0.1, 0.15) is 18.7 Å². The average Bonchev–Trinajstić information content (AvgIpc) is 3.31. The van der Waals surface area contributed by atoms with E-state index in [0.717, 1.165) is 12.1 Å². The summed E-state index contributed by atoms with van der Waals surface area (Å²) in [6, 6.07) is 5.17. The highest BCUT2D eigenvalue weighted by Crippen LogP contribution is 2.13. The quantitative estimate of drug-likeness (QED) is 0.165. The van der Waals surface area contributed by atoms with Crippen molar-refractivity contribution < 1.29 is 33.5 Å². The van der Waals surface area contributed by atoms with Gasteiger partial charge in [-0.25, -0.2) is 4.79 Å². The SMILES string of the molecule is CCN(CCN(C)C)C(=O)OCc1ccc(NC(=O)[C@H](C)NC(=O)[C@@H](NC(=O)CCCCCN2C(=O)C=CC2=O)C(C)C)cc1. The number of ether oxygens (including phenoxy) is 1. The normalized spacial score (nSPS) is 14.0. The Labute approximate surface area is 265 Å². The van der Waals surface area contributed by atoms with Gasteiger partial charge in [-0.15, -0.1) is 0 Å². The summed E-state index contributed by atoms with van der Waals surface area (Å²) in [6.45, 7) is 9.30. The molecule has 13 heteroatoms. The first-order chi connectivity index (χ1) is 21.3. The summed E-state index contributed by atoms with van der Waals surface area (Å²) in [5, 5.41) is 8.18. The number of carbonyl (C=O) groups is 6. The van der Waals surface area contributed by atoms with Crippen LogP contribution >= 0.6 is 0 Å². The summed E-state index contributed by atoms with van der Waals surface area (Å²) in [5.41, 5.74) is 1.27. The molecule has 0 aliphatic carbocycles. The molecule has 0 aromatic heterocycles. The summed E-state index contributed by atoms with van der Waals surface area (Å²) >= 11 is 0. The van der Waals surface area contributed by atoms with Crippen LogP contribution in [0.4, 0.5) is 10.5 Å². The van der Waals surface area contributed by atoms with Gasteiger partial charge in [0.25, 0.3) is 11.8 Å². The Hall–Kier alpha value is -4.26. The van der Waals surface area contributed by atoms with Crippen LogP contribution in [0.2, 0.25) is 0 Å². The minimum absolute atomic E-state index is 0.0959. The first-order valence-electron chi connectivity index (χ1n) is 15.4. The van der Waals surface area contributed by atoms with Crippen molar-refractivity contribution in [3.63, 3.8) is 0 Å². The lowest BCUT2D eigenvalue weighted by Crippen LogP contribution is -2.53. The lowest BCUT2D eigenvalue weighted by atomic mass is 10.0. The summed E-state index contributed by atoms with van der Waals surface area (Å²) in [7, 11) is 3.88. The molecule has 2 rings (SSSR count). The Bertz CT molecular complexity index is 1200.